The third-order valence-electron chi connectivity index (χ3n) is 0.503. The van der Waals surface area contributed by atoms with Crippen molar-refractivity contribution in [1.82, 2.24) is 0 Å². The summed E-state index contributed by atoms with van der Waals surface area (Å²) in [5.74, 6) is -0.241. The van der Waals surface area contributed by atoms with Gasteiger partial charge < -0.3 is 4.74 Å². The van der Waals surface area contributed by atoms with Gasteiger partial charge in [0.05, 0.1) is 6.26 Å². The van der Waals surface area contributed by atoms with Gasteiger partial charge in [-0.05, 0) is 0 Å². The SMILES string of the molecule is C=COC(=O)CC.[NaH]. The van der Waals surface area contributed by atoms with Gasteiger partial charge >= 0.3 is 35.5 Å². The molecule has 3 heteroatoms. The van der Waals surface area contributed by atoms with Crippen LogP contribution in [0.1, 0.15) is 13.3 Å². The molecule has 0 radical (unpaired) electrons. The Kier molecular flexibility index (Phi) is 9.97. The maximum atomic E-state index is 10.1. The molecule has 0 aromatic heterocycles. The number of hydrogen-bond donors (Lipinski definition) is 0. The molecule has 0 heterocycles. The van der Waals surface area contributed by atoms with Crippen molar-refractivity contribution in [1.29, 1.82) is 0 Å². The first-order valence-electron chi connectivity index (χ1n) is 2.11. The molecular weight excluding hydrogens is 115 g/mol. The Balaban J connectivity index is 0. The van der Waals surface area contributed by atoms with E-state index in [1.807, 2.05) is 0 Å². The summed E-state index contributed by atoms with van der Waals surface area (Å²) < 4.78 is 4.32. The van der Waals surface area contributed by atoms with Gasteiger partial charge in [-0.2, -0.15) is 0 Å². The van der Waals surface area contributed by atoms with Crippen LogP contribution in [0.15, 0.2) is 12.8 Å². The van der Waals surface area contributed by atoms with Gasteiger partial charge in [0.1, 0.15) is 0 Å². The fourth-order valence-corrected chi connectivity index (χ4v) is 0.176. The summed E-state index contributed by atoms with van der Waals surface area (Å²) >= 11 is 0. The third-order valence-corrected chi connectivity index (χ3v) is 0.503. The molecule has 2 nitrogen and oxygen atoms in total. The summed E-state index contributed by atoms with van der Waals surface area (Å²) in [6, 6.07) is 0. The fourth-order valence-electron chi connectivity index (χ4n) is 0.176. The van der Waals surface area contributed by atoms with Gasteiger partial charge in [-0.1, -0.05) is 13.5 Å². The van der Waals surface area contributed by atoms with Crippen molar-refractivity contribution in [3.8, 4) is 0 Å². The van der Waals surface area contributed by atoms with E-state index in [2.05, 4.69) is 11.3 Å². The van der Waals surface area contributed by atoms with Crippen molar-refractivity contribution >= 4 is 35.5 Å². The molecule has 0 aliphatic carbocycles. The summed E-state index contributed by atoms with van der Waals surface area (Å²) in [4.78, 5) is 10.1. The van der Waals surface area contributed by atoms with Gasteiger partial charge in [-0.3, -0.25) is 4.79 Å². The molecule has 0 N–H and O–H groups in total. The number of hydrogen-bond acceptors (Lipinski definition) is 2. The molecule has 0 saturated heterocycles. The molecule has 0 atom stereocenters. The van der Waals surface area contributed by atoms with Crippen LogP contribution in [-0.2, 0) is 9.53 Å². The molecule has 0 rings (SSSR count). The quantitative estimate of drug-likeness (QED) is 0.303. The Morgan fingerprint density at radius 3 is 2.50 bits per heavy atom. The van der Waals surface area contributed by atoms with Gasteiger partial charge in [0.25, 0.3) is 0 Å². The zero-order valence-electron chi connectivity index (χ0n) is 4.31. The first-order valence-corrected chi connectivity index (χ1v) is 2.11. The molecule has 0 spiro atoms. The van der Waals surface area contributed by atoms with Crippen LogP contribution in [0.4, 0.5) is 0 Å². The zero-order chi connectivity index (χ0) is 5.70. The van der Waals surface area contributed by atoms with E-state index in [-0.39, 0.29) is 35.5 Å². The molecule has 0 aliphatic rings. The second-order valence-electron chi connectivity index (χ2n) is 1.01. The van der Waals surface area contributed by atoms with Crippen LogP contribution < -0.4 is 0 Å². The Morgan fingerprint density at radius 2 is 2.38 bits per heavy atom. The van der Waals surface area contributed by atoms with Crippen molar-refractivity contribution < 1.29 is 9.53 Å². The molecule has 0 aromatic rings. The van der Waals surface area contributed by atoms with E-state index in [0.717, 1.165) is 6.26 Å². The molecule has 0 fully saturated rings. The second kappa shape index (κ2) is 7.21. The van der Waals surface area contributed by atoms with E-state index in [0.29, 0.717) is 6.42 Å². The standard InChI is InChI=1S/C5H8O2.Na.H/c1-3-5(6)7-4-2;;/h4H,2-3H2,1H3;;. The fraction of sp³-hybridized carbons (Fsp3) is 0.400. The summed E-state index contributed by atoms with van der Waals surface area (Å²) in [5, 5.41) is 0. The maximum absolute atomic E-state index is 10.1. The van der Waals surface area contributed by atoms with Crippen LogP contribution in [0.5, 0.6) is 0 Å². The third kappa shape index (κ3) is 6.21. The Hall–Kier alpha value is 0.210. The van der Waals surface area contributed by atoms with Crippen molar-refractivity contribution in [3.05, 3.63) is 12.8 Å². The van der Waals surface area contributed by atoms with E-state index in [1.54, 1.807) is 6.92 Å². The topological polar surface area (TPSA) is 26.3 Å². The van der Waals surface area contributed by atoms with Gasteiger partial charge in [0, 0.05) is 6.42 Å². The number of esters is 1. The van der Waals surface area contributed by atoms with E-state index < -0.39 is 0 Å². The summed E-state index contributed by atoms with van der Waals surface area (Å²) in [5.41, 5.74) is 0. The summed E-state index contributed by atoms with van der Waals surface area (Å²) in [6.07, 6.45) is 1.54. The molecule has 0 unspecified atom stereocenters. The minimum atomic E-state index is -0.241. The Labute approximate surface area is 71.2 Å². The van der Waals surface area contributed by atoms with Gasteiger partial charge in [0.15, 0.2) is 0 Å². The number of carbonyl (C=O) groups is 1. The number of carbonyl (C=O) groups excluding carboxylic acids is 1. The van der Waals surface area contributed by atoms with Crippen molar-refractivity contribution in [2.45, 2.75) is 13.3 Å². The Morgan fingerprint density at radius 1 is 1.88 bits per heavy atom. The minimum absolute atomic E-state index is 0. The molecule has 0 saturated carbocycles. The molecule has 0 amide bonds. The van der Waals surface area contributed by atoms with Crippen LogP contribution in [0.2, 0.25) is 0 Å². The van der Waals surface area contributed by atoms with E-state index in [4.69, 9.17) is 0 Å². The predicted molar refractivity (Wildman–Crippen MR) is 33.7 cm³/mol. The monoisotopic (exact) mass is 124 g/mol. The van der Waals surface area contributed by atoms with Gasteiger partial charge in [0.2, 0.25) is 0 Å². The first-order chi connectivity index (χ1) is 3.31. The second-order valence-corrected chi connectivity index (χ2v) is 1.01. The predicted octanol–water partition coefficient (Wildman–Crippen LogP) is 0.435. The molecular formula is C5H9NaO2. The number of rotatable bonds is 2. The van der Waals surface area contributed by atoms with Gasteiger partial charge in [-0.15, -0.1) is 0 Å². The Bertz CT molecular complexity index is 80.5. The van der Waals surface area contributed by atoms with Gasteiger partial charge in [-0.25, -0.2) is 0 Å². The van der Waals surface area contributed by atoms with Crippen LogP contribution in [0, 0.1) is 0 Å². The normalized spacial score (nSPS) is 6.62. The first kappa shape index (κ1) is 11.1. The van der Waals surface area contributed by atoms with E-state index in [9.17, 15) is 4.79 Å². The average molecular weight is 124 g/mol. The molecule has 42 valence electrons. The number of ether oxygens (including phenoxy) is 1. The van der Waals surface area contributed by atoms with Crippen molar-refractivity contribution in [3.63, 3.8) is 0 Å². The van der Waals surface area contributed by atoms with Crippen molar-refractivity contribution in [2.24, 2.45) is 0 Å². The average Bonchev–Trinajstić information content (AvgIpc) is 1.68. The molecule has 0 aromatic carbocycles. The summed E-state index contributed by atoms with van der Waals surface area (Å²) in [7, 11) is 0. The zero-order valence-corrected chi connectivity index (χ0v) is 4.31. The summed E-state index contributed by atoms with van der Waals surface area (Å²) in [6.45, 7) is 4.93. The van der Waals surface area contributed by atoms with Crippen LogP contribution in [0.3, 0.4) is 0 Å². The molecule has 8 heavy (non-hydrogen) atoms. The van der Waals surface area contributed by atoms with E-state index >= 15 is 0 Å². The molecule has 0 bridgehead atoms. The van der Waals surface area contributed by atoms with Crippen molar-refractivity contribution in [2.75, 3.05) is 0 Å². The van der Waals surface area contributed by atoms with Crippen LogP contribution in [0.25, 0.3) is 0 Å². The van der Waals surface area contributed by atoms with E-state index in [1.165, 1.54) is 0 Å². The van der Waals surface area contributed by atoms with Crippen LogP contribution >= 0.6 is 0 Å². The molecule has 0 aliphatic heterocycles. The van der Waals surface area contributed by atoms with Crippen LogP contribution in [-0.4, -0.2) is 35.5 Å².